The number of carbonyl (C=O) groups is 2. The van der Waals surface area contributed by atoms with Gasteiger partial charge >= 0.3 is 13.6 Å². The van der Waals surface area contributed by atoms with Gasteiger partial charge in [0.25, 0.3) is 5.69 Å². The summed E-state index contributed by atoms with van der Waals surface area (Å²) in [5.41, 5.74) is 1.30. The van der Waals surface area contributed by atoms with Crippen LogP contribution in [0.5, 0.6) is 0 Å². The lowest BCUT2D eigenvalue weighted by molar-refractivity contribution is -0.384. The van der Waals surface area contributed by atoms with Gasteiger partial charge in [-0.05, 0) is 67.0 Å². The molecule has 0 spiro atoms. The zero-order valence-electron chi connectivity index (χ0n) is 28.7. The minimum atomic E-state index is -4.05. The Bertz CT molecular complexity index is 1730. The Morgan fingerprint density at radius 1 is 0.980 bits per heavy atom. The van der Waals surface area contributed by atoms with Gasteiger partial charge in [-0.1, -0.05) is 64.1 Å². The summed E-state index contributed by atoms with van der Waals surface area (Å²) in [6.45, 7) is 14.1. The molecule has 5 rings (SSSR count). The number of nitro benzene ring substituents is 1. The zero-order chi connectivity index (χ0) is 35.7. The fourth-order valence-corrected chi connectivity index (χ4v) is 8.93. The third kappa shape index (κ3) is 7.59. The number of β-lactam (4-membered cyclic amide) rings is 1. The number of non-ortho nitro benzene ring substituents is 1. The number of nitro groups is 1. The van der Waals surface area contributed by atoms with Gasteiger partial charge in [0.05, 0.1) is 23.0 Å². The van der Waals surface area contributed by atoms with Gasteiger partial charge in [0, 0.05) is 29.4 Å². The third-order valence-electron chi connectivity index (χ3n) is 9.42. The molecule has 0 radical (unpaired) electrons. The number of ether oxygens (including phenoxy) is 1. The van der Waals surface area contributed by atoms with Gasteiger partial charge in [-0.15, -0.1) is 0 Å². The first-order valence-corrected chi connectivity index (χ1v) is 20.7. The summed E-state index contributed by atoms with van der Waals surface area (Å²) in [5.74, 6) is -2.25. The largest absolute Gasteiger partial charge is 0.456 e. The van der Waals surface area contributed by atoms with Crippen LogP contribution in [0, 0.1) is 22.0 Å². The molecule has 1 saturated heterocycles. The molecule has 2 N–H and O–H groups in total. The van der Waals surface area contributed by atoms with Gasteiger partial charge < -0.3 is 13.7 Å². The van der Waals surface area contributed by atoms with Crippen LogP contribution in [-0.2, 0) is 34.4 Å². The van der Waals surface area contributed by atoms with Crippen LogP contribution in [0.4, 0.5) is 17.1 Å². The predicted octanol–water partition coefficient (Wildman–Crippen LogP) is 8.09. The highest BCUT2D eigenvalue weighted by molar-refractivity contribution is 7.62. The van der Waals surface area contributed by atoms with E-state index < -0.39 is 50.9 Å². The van der Waals surface area contributed by atoms with E-state index in [0.717, 1.165) is 0 Å². The summed E-state index contributed by atoms with van der Waals surface area (Å²) in [5, 5.41) is 17.0. The van der Waals surface area contributed by atoms with Crippen molar-refractivity contribution < 1.29 is 32.8 Å². The third-order valence-corrected chi connectivity index (χ3v) is 15.6. The molecule has 0 saturated carbocycles. The molecule has 2 aliphatic rings. The summed E-state index contributed by atoms with van der Waals surface area (Å²) in [7, 11) is -6.32. The van der Waals surface area contributed by atoms with E-state index in [1.165, 1.54) is 29.2 Å². The number of fused-ring (bicyclic) bond motifs is 1. The standard InChI is InChI=1S/C35H43N4O8PSi/c1-23-30-29(24(2)47-49(6,7)35(3,4)5)33(40)38(30)31(34(41)45-22-25-18-20-28(21-19-25)39(42)43)32(23)46-48(44,36-26-14-10-8-11-15-26)37-27-16-12-9-13-17-27/h8-21,23-24,29-30H,22H2,1-7H3,(H2,36,37,44)/t23-,24-,29-,30-/m1/s1. The Labute approximate surface area is 287 Å². The summed E-state index contributed by atoms with van der Waals surface area (Å²) in [6.07, 6.45) is -0.453. The van der Waals surface area contributed by atoms with Crippen molar-refractivity contribution in [2.75, 3.05) is 10.2 Å². The van der Waals surface area contributed by atoms with Crippen LogP contribution in [0.3, 0.4) is 0 Å². The van der Waals surface area contributed by atoms with Gasteiger partial charge in [-0.3, -0.25) is 30.0 Å². The summed E-state index contributed by atoms with van der Waals surface area (Å²) in [6, 6.07) is 22.8. The van der Waals surface area contributed by atoms with Crippen molar-refractivity contribution in [2.24, 2.45) is 11.8 Å². The molecule has 0 unspecified atom stereocenters. The van der Waals surface area contributed by atoms with E-state index in [1.807, 2.05) is 26.0 Å². The number of nitrogens with one attached hydrogen (secondary N) is 2. The Morgan fingerprint density at radius 2 is 1.51 bits per heavy atom. The number of esters is 1. The van der Waals surface area contributed by atoms with Crippen molar-refractivity contribution in [3.8, 4) is 0 Å². The average molecular weight is 707 g/mol. The number of nitrogens with zero attached hydrogens (tertiary/aromatic N) is 2. The molecule has 2 heterocycles. The second kappa shape index (κ2) is 13.8. The van der Waals surface area contributed by atoms with E-state index in [0.29, 0.717) is 16.9 Å². The van der Waals surface area contributed by atoms with Crippen LogP contribution in [0.2, 0.25) is 18.1 Å². The maximum absolute atomic E-state index is 14.7. The first kappa shape index (κ1) is 35.8. The second-order valence-electron chi connectivity index (χ2n) is 13.9. The average Bonchev–Trinajstić information content (AvgIpc) is 3.27. The summed E-state index contributed by atoms with van der Waals surface area (Å²) < 4.78 is 33.4. The number of anilines is 2. The molecular formula is C35H43N4O8PSi. The molecule has 14 heteroatoms. The fourth-order valence-electron chi connectivity index (χ4n) is 5.84. The Balaban J connectivity index is 1.49. The highest BCUT2D eigenvalue weighted by Gasteiger charge is 2.62. The highest BCUT2D eigenvalue weighted by Crippen LogP contribution is 2.56. The van der Waals surface area contributed by atoms with Gasteiger partial charge in [0.15, 0.2) is 14.0 Å². The lowest BCUT2D eigenvalue weighted by Crippen LogP contribution is -2.65. The zero-order valence-corrected chi connectivity index (χ0v) is 30.6. The monoisotopic (exact) mass is 706 g/mol. The van der Waals surface area contributed by atoms with Gasteiger partial charge in [0.2, 0.25) is 5.91 Å². The van der Waals surface area contributed by atoms with Crippen LogP contribution in [0.15, 0.2) is 96.4 Å². The number of rotatable bonds is 13. The molecule has 49 heavy (non-hydrogen) atoms. The smallest absolute Gasteiger partial charge is 0.444 e. The first-order valence-electron chi connectivity index (χ1n) is 16.1. The predicted molar refractivity (Wildman–Crippen MR) is 190 cm³/mol. The second-order valence-corrected chi connectivity index (χ2v) is 20.4. The SMILES string of the molecule is C[C@@H](O[Si](C)(C)C(C)(C)C)[C@H]1C(=O)N2C(C(=O)OCc3ccc([N+](=O)[O-])cc3)=C(OP(=O)(Nc3ccccc3)Nc3ccccc3)[C@H](C)[C@H]12. The van der Waals surface area contributed by atoms with Gasteiger partial charge in [-0.25, -0.2) is 9.36 Å². The molecule has 0 aromatic heterocycles. The van der Waals surface area contributed by atoms with Crippen LogP contribution in [0.25, 0.3) is 0 Å². The maximum atomic E-state index is 14.7. The van der Waals surface area contributed by atoms with Crippen molar-refractivity contribution in [2.45, 2.75) is 71.5 Å². The molecule has 260 valence electrons. The van der Waals surface area contributed by atoms with Crippen molar-refractivity contribution >= 4 is 44.9 Å². The maximum Gasteiger partial charge on any atom is 0.444 e. The minimum Gasteiger partial charge on any atom is -0.456 e. The summed E-state index contributed by atoms with van der Waals surface area (Å²) >= 11 is 0. The van der Waals surface area contributed by atoms with E-state index in [2.05, 4.69) is 44.0 Å². The Hall–Kier alpha value is -4.45. The van der Waals surface area contributed by atoms with E-state index in [9.17, 15) is 24.3 Å². The number of amides is 1. The number of para-hydroxylation sites is 2. The van der Waals surface area contributed by atoms with E-state index >= 15 is 0 Å². The van der Waals surface area contributed by atoms with E-state index in [1.54, 1.807) is 48.5 Å². The normalized spacial score (nSPS) is 19.9. The first-order chi connectivity index (χ1) is 23.0. The lowest BCUT2D eigenvalue weighted by atomic mass is 9.79. The van der Waals surface area contributed by atoms with Crippen molar-refractivity contribution in [3.05, 3.63) is 112 Å². The van der Waals surface area contributed by atoms with Crippen LogP contribution >= 0.6 is 7.67 Å². The Morgan fingerprint density at radius 3 is 2.00 bits per heavy atom. The van der Waals surface area contributed by atoms with E-state index in [-0.39, 0.29) is 34.7 Å². The van der Waals surface area contributed by atoms with Crippen LogP contribution in [0.1, 0.15) is 40.2 Å². The molecular weight excluding hydrogens is 663 g/mol. The molecule has 3 aromatic rings. The highest BCUT2D eigenvalue weighted by atomic mass is 31.2. The number of hydrogen-bond acceptors (Lipinski definition) is 8. The topological polar surface area (TPSA) is 149 Å². The van der Waals surface area contributed by atoms with E-state index in [4.69, 9.17) is 13.7 Å². The quantitative estimate of drug-likeness (QED) is 0.0446. The van der Waals surface area contributed by atoms with Crippen molar-refractivity contribution in [1.29, 1.82) is 0 Å². The molecule has 2 aliphatic heterocycles. The van der Waals surface area contributed by atoms with Gasteiger partial charge in [-0.2, -0.15) is 0 Å². The Kier molecular flexibility index (Phi) is 10.1. The minimum absolute atomic E-state index is 0.0456. The van der Waals surface area contributed by atoms with Gasteiger partial charge in [0.1, 0.15) is 12.4 Å². The molecule has 0 bridgehead atoms. The summed E-state index contributed by atoms with van der Waals surface area (Å²) in [4.78, 5) is 39.8. The van der Waals surface area contributed by atoms with Crippen molar-refractivity contribution in [3.63, 3.8) is 0 Å². The van der Waals surface area contributed by atoms with Crippen LogP contribution < -0.4 is 10.2 Å². The van der Waals surface area contributed by atoms with Crippen molar-refractivity contribution in [1.82, 2.24) is 4.90 Å². The molecule has 3 aromatic carbocycles. The number of carbonyl (C=O) groups excluding carboxylic acids is 2. The molecule has 4 atom stereocenters. The molecule has 1 fully saturated rings. The fraction of sp³-hybridized carbons (Fsp3) is 0.371. The molecule has 1 amide bonds. The number of hydrogen-bond donors (Lipinski definition) is 2. The molecule has 0 aliphatic carbocycles. The molecule has 12 nitrogen and oxygen atoms in total. The number of benzene rings is 3. The lowest BCUT2D eigenvalue weighted by Gasteiger charge is -2.49. The van der Waals surface area contributed by atoms with Crippen LogP contribution in [-0.4, -0.2) is 42.2 Å².